The fourth-order valence-corrected chi connectivity index (χ4v) is 2.22. The van der Waals surface area contributed by atoms with Gasteiger partial charge in [0.1, 0.15) is 0 Å². The van der Waals surface area contributed by atoms with Crippen LogP contribution in [-0.2, 0) is 16.0 Å². The molecule has 0 saturated heterocycles. The van der Waals surface area contributed by atoms with Gasteiger partial charge in [0.05, 0.1) is 12.1 Å². The van der Waals surface area contributed by atoms with Gasteiger partial charge in [-0.05, 0) is 23.8 Å². The Morgan fingerprint density at radius 2 is 2.24 bits per heavy atom. The molecular formula is C14H13N3O3S. The highest BCUT2D eigenvalue weighted by atomic mass is 32.1. The number of carbonyl (C=O) groups is 2. The molecule has 21 heavy (non-hydrogen) atoms. The first-order valence-electron chi connectivity index (χ1n) is 6.04. The number of thiazole rings is 1. The van der Waals surface area contributed by atoms with Crippen molar-refractivity contribution in [1.82, 2.24) is 4.98 Å². The van der Waals surface area contributed by atoms with E-state index in [1.54, 1.807) is 29.6 Å². The first kappa shape index (κ1) is 14.7. The van der Waals surface area contributed by atoms with E-state index in [1.165, 1.54) is 17.4 Å². The van der Waals surface area contributed by atoms with Gasteiger partial charge in [-0.15, -0.1) is 11.3 Å². The molecule has 0 atom stereocenters. The van der Waals surface area contributed by atoms with Crippen LogP contribution in [0, 0.1) is 0 Å². The molecule has 0 bridgehead atoms. The van der Waals surface area contributed by atoms with Crippen LogP contribution in [0.5, 0.6) is 0 Å². The van der Waals surface area contributed by atoms with Gasteiger partial charge in [-0.1, -0.05) is 12.1 Å². The third-order valence-corrected chi connectivity index (χ3v) is 3.22. The lowest BCUT2D eigenvalue weighted by Gasteiger charge is -2.05. The van der Waals surface area contributed by atoms with Crippen LogP contribution < -0.4 is 11.1 Å². The number of nitrogen functional groups attached to an aromatic ring is 1. The molecule has 0 spiro atoms. The molecule has 0 aliphatic rings. The molecule has 1 aromatic heterocycles. The van der Waals surface area contributed by atoms with E-state index >= 15 is 0 Å². The van der Waals surface area contributed by atoms with Gasteiger partial charge in [0, 0.05) is 17.1 Å². The summed E-state index contributed by atoms with van der Waals surface area (Å²) < 4.78 is 0. The summed E-state index contributed by atoms with van der Waals surface area (Å²) in [5, 5.41) is 13.5. The number of hydrogen-bond acceptors (Lipinski definition) is 5. The number of aliphatic carboxylic acids is 1. The van der Waals surface area contributed by atoms with Gasteiger partial charge < -0.3 is 16.2 Å². The molecule has 1 heterocycles. The highest BCUT2D eigenvalue weighted by Gasteiger charge is 2.07. The van der Waals surface area contributed by atoms with Crippen LogP contribution in [0.3, 0.4) is 0 Å². The zero-order chi connectivity index (χ0) is 15.2. The van der Waals surface area contributed by atoms with Crippen molar-refractivity contribution in [2.75, 3.05) is 11.1 Å². The number of rotatable bonds is 5. The van der Waals surface area contributed by atoms with Crippen molar-refractivity contribution in [2.24, 2.45) is 0 Å². The third kappa shape index (κ3) is 4.73. The van der Waals surface area contributed by atoms with Crippen LogP contribution in [-0.4, -0.2) is 22.0 Å². The maximum Gasteiger partial charge on any atom is 0.328 e. The maximum atomic E-state index is 11.9. The molecule has 6 nitrogen and oxygen atoms in total. The standard InChI is InChI=1S/C14H13N3O3S/c15-14-17-11(8-21-14)7-12(18)16-10-3-1-2-9(6-10)4-5-13(19)20/h1-6,8H,7H2,(H2,15,17)(H,16,18)(H,19,20)/b5-4+. The molecule has 2 aromatic rings. The molecule has 108 valence electrons. The Hall–Kier alpha value is -2.67. The van der Waals surface area contributed by atoms with Gasteiger partial charge in [-0.25, -0.2) is 9.78 Å². The second kappa shape index (κ2) is 6.67. The molecular weight excluding hydrogens is 290 g/mol. The van der Waals surface area contributed by atoms with Crippen LogP contribution in [0.4, 0.5) is 10.8 Å². The predicted molar refractivity (Wildman–Crippen MR) is 82.0 cm³/mol. The Labute approximate surface area is 124 Å². The third-order valence-electron chi connectivity index (χ3n) is 2.50. The molecule has 4 N–H and O–H groups in total. The number of benzene rings is 1. The first-order valence-corrected chi connectivity index (χ1v) is 6.92. The molecule has 7 heteroatoms. The summed E-state index contributed by atoms with van der Waals surface area (Å²) in [6, 6.07) is 6.90. The smallest absolute Gasteiger partial charge is 0.328 e. The summed E-state index contributed by atoms with van der Waals surface area (Å²) in [6.45, 7) is 0. The molecule has 2 rings (SSSR count). The molecule has 0 aliphatic carbocycles. The Balaban J connectivity index is 2.00. The van der Waals surface area contributed by atoms with Crippen LogP contribution in [0.15, 0.2) is 35.7 Å². The number of carbonyl (C=O) groups excluding carboxylic acids is 1. The molecule has 0 aliphatic heterocycles. The number of anilines is 2. The summed E-state index contributed by atoms with van der Waals surface area (Å²) in [4.78, 5) is 26.4. The van der Waals surface area contributed by atoms with Crippen LogP contribution >= 0.6 is 11.3 Å². The van der Waals surface area contributed by atoms with Crippen molar-refractivity contribution < 1.29 is 14.7 Å². The van der Waals surface area contributed by atoms with Gasteiger partial charge in [-0.3, -0.25) is 4.79 Å². The predicted octanol–water partition coefficient (Wildman–Crippen LogP) is 2.00. The largest absolute Gasteiger partial charge is 0.478 e. The van der Waals surface area contributed by atoms with Crippen LogP contribution in [0.25, 0.3) is 6.08 Å². The normalized spacial score (nSPS) is 10.7. The van der Waals surface area contributed by atoms with Crippen molar-refractivity contribution >= 4 is 40.1 Å². The number of carboxylic acids is 1. The summed E-state index contributed by atoms with van der Waals surface area (Å²) in [5.74, 6) is -1.23. The average Bonchev–Trinajstić information content (AvgIpc) is 2.82. The Bertz CT molecular complexity index is 694. The van der Waals surface area contributed by atoms with E-state index in [4.69, 9.17) is 10.8 Å². The van der Waals surface area contributed by atoms with E-state index in [2.05, 4.69) is 10.3 Å². The minimum atomic E-state index is -1.02. The molecule has 0 saturated carbocycles. The number of aromatic nitrogens is 1. The first-order chi connectivity index (χ1) is 10.0. The van der Waals surface area contributed by atoms with E-state index in [0.717, 1.165) is 6.08 Å². The molecule has 1 aromatic carbocycles. The zero-order valence-corrected chi connectivity index (χ0v) is 11.8. The second-order valence-corrected chi connectivity index (χ2v) is 5.09. The topological polar surface area (TPSA) is 105 Å². The van der Waals surface area contributed by atoms with Crippen LogP contribution in [0.1, 0.15) is 11.3 Å². The monoisotopic (exact) mass is 303 g/mol. The fraction of sp³-hybridized carbons (Fsp3) is 0.0714. The van der Waals surface area contributed by atoms with Crippen molar-refractivity contribution in [3.05, 3.63) is 47.0 Å². The zero-order valence-electron chi connectivity index (χ0n) is 10.9. The molecule has 0 unspecified atom stereocenters. The fourth-order valence-electron chi connectivity index (χ4n) is 1.66. The second-order valence-electron chi connectivity index (χ2n) is 4.20. The number of amides is 1. The SMILES string of the molecule is Nc1nc(CC(=O)Nc2cccc(/C=C/C(=O)O)c2)cs1. The van der Waals surface area contributed by atoms with E-state index in [0.29, 0.717) is 22.1 Å². The quantitative estimate of drug-likeness (QED) is 0.733. The lowest BCUT2D eigenvalue weighted by atomic mass is 10.2. The van der Waals surface area contributed by atoms with Gasteiger partial charge >= 0.3 is 5.97 Å². The molecule has 1 amide bonds. The van der Waals surface area contributed by atoms with Crippen molar-refractivity contribution in [3.63, 3.8) is 0 Å². The minimum absolute atomic E-state index is 0.142. The summed E-state index contributed by atoms with van der Waals surface area (Å²) in [6.07, 6.45) is 2.64. The minimum Gasteiger partial charge on any atom is -0.478 e. The maximum absolute atomic E-state index is 11.9. The lowest BCUT2D eigenvalue weighted by molar-refractivity contribution is -0.131. The highest BCUT2D eigenvalue weighted by Crippen LogP contribution is 2.14. The molecule has 0 fully saturated rings. The van der Waals surface area contributed by atoms with E-state index in [-0.39, 0.29) is 12.3 Å². The van der Waals surface area contributed by atoms with Gasteiger partial charge in [0.2, 0.25) is 5.91 Å². The number of nitrogens with one attached hydrogen (secondary N) is 1. The average molecular weight is 303 g/mol. The number of nitrogens with zero attached hydrogens (tertiary/aromatic N) is 1. The van der Waals surface area contributed by atoms with Crippen LogP contribution in [0.2, 0.25) is 0 Å². The Morgan fingerprint density at radius 3 is 2.90 bits per heavy atom. The lowest BCUT2D eigenvalue weighted by Crippen LogP contribution is -2.14. The van der Waals surface area contributed by atoms with Gasteiger partial charge in [-0.2, -0.15) is 0 Å². The summed E-state index contributed by atoms with van der Waals surface area (Å²) >= 11 is 1.29. The number of nitrogens with two attached hydrogens (primary N) is 1. The Morgan fingerprint density at radius 1 is 1.43 bits per heavy atom. The Kier molecular flexibility index (Phi) is 4.68. The highest BCUT2D eigenvalue weighted by molar-refractivity contribution is 7.13. The van der Waals surface area contributed by atoms with E-state index < -0.39 is 5.97 Å². The van der Waals surface area contributed by atoms with Crippen molar-refractivity contribution in [1.29, 1.82) is 0 Å². The van der Waals surface area contributed by atoms with E-state index in [9.17, 15) is 9.59 Å². The molecule has 0 radical (unpaired) electrons. The van der Waals surface area contributed by atoms with Crippen molar-refractivity contribution in [2.45, 2.75) is 6.42 Å². The van der Waals surface area contributed by atoms with Crippen molar-refractivity contribution in [3.8, 4) is 0 Å². The summed E-state index contributed by atoms with van der Waals surface area (Å²) in [5.41, 5.74) is 7.41. The summed E-state index contributed by atoms with van der Waals surface area (Å²) in [7, 11) is 0. The van der Waals surface area contributed by atoms with Gasteiger partial charge in [0.25, 0.3) is 0 Å². The number of hydrogen-bond donors (Lipinski definition) is 3. The van der Waals surface area contributed by atoms with Gasteiger partial charge in [0.15, 0.2) is 5.13 Å². The number of carboxylic acid groups (broad SMARTS) is 1. The van der Waals surface area contributed by atoms with E-state index in [1.807, 2.05) is 0 Å².